The summed E-state index contributed by atoms with van der Waals surface area (Å²) in [6.45, 7) is 4.89. The van der Waals surface area contributed by atoms with Crippen molar-refractivity contribution in [1.82, 2.24) is 0 Å². The molecule has 2 aliphatic carbocycles. The average molecular weight is 543 g/mol. The summed E-state index contributed by atoms with van der Waals surface area (Å²) in [5.41, 5.74) is 1.56. The molecule has 5 nitrogen and oxygen atoms in total. The van der Waals surface area contributed by atoms with Crippen molar-refractivity contribution in [3.63, 3.8) is 0 Å². The third-order valence-corrected chi connectivity index (χ3v) is 7.80. The Morgan fingerprint density at radius 1 is 0.700 bits per heavy atom. The lowest BCUT2D eigenvalue weighted by Gasteiger charge is -2.42. The van der Waals surface area contributed by atoms with E-state index in [2.05, 4.69) is 13.8 Å². The summed E-state index contributed by atoms with van der Waals surface area (Å²) >= 11 is 0. The van der Waals surface area contributed by atoms with E-state index in [0.717, 1.165) is 36.8 Å². The smallest absolute Gasteiger partial charge is 0.192 e. The minimum absolute atomic E-state index is 0.123. The summed E-state index contributed by atoms with van der Waals surface area (Å²) in [7, 11) is 0. The van der Waals surface area contributed by atoms with Crippen LogP contribution in [0.2, 0.25) is 0 Å². The molecule has 40 heavy (non-hydrogen) atoms. The first kappa shape index (κ1) is 29.9. The Balaban J connectivity index is 1.81. The molecule has 0 saturated heterocycles. The van der Waals surface area contributed by atoms with Crippen LogP contribution in [-0.4, -0.2) is 40.8 Å². The van der Waals surface area contributed by atoms with Gasteiger partial charge < -0.3 is 19.7 Å². The topological polar surface area (TPSA) is 76.0 Å². The van der Waals surface area contributed by atoms with Gasteiger partial charge in [-0.1, -0.05) is 124 Å². The maximum Gasteiger partial charge on any atom is 0.192 e. The van der Waals surface area contributed by atoms with Gasteiger partial charge >= 0.3 is 0 Å². The van der Waals surface area contributed by atoms with Crippen molar-refractivity contribution in [2.75, 3.05) is 13.2 Å². The second-order valence-electron chi connectivity index (χ2n) is 10.6. The fourth-order valence-corrected chi connectivity index (χ4v) is 5.61. The summed E-state index contributed by atoms with van der Waals surface area (Å²) in [6.07, 6.45) is 17.7. The third kappa shape index (κ3) is 6.79. The van der Waals surface area contributed by atoms with Crippen LogP contribution >= 0.6 is 0 Å². The summed E-state index contributed by atoms with van der Waals surface area (Å²) < 4.78 is 12.2. The molecule has 0 spiro atoms. The van der Waals surface area contributed by atoms with Gasteiger partial charge in [0.05, 0.1) is 25.0 Å². The van der Waals surface area contributed by atoms with Gasteiger partial charge in [-0.15, -0.1) is 0 Å². The molecule has 2 aromatic carbocycles. The molecule has 0 fully saturated rings. The number of Topliss-reactive ketones (excluding diaryl/α,β-unsaturated/α-hetero) is 1. The number of carbonyl (C=O) groups is 1. The van der Waals surface area contributed by atoms with Crippen molar-refractivity contribution in [3.05, 3.63) is 120 Å². The van der Waals surface area contributed by atoms with Crippen molar-refractivity contribution in [1.29, 1.82) is 0 Å². The molecule has 2 N–H and O–H groups in total. The van der Waals surface area contributed by atoms with Gasteiger partial charge in [-0.2, -0.15) is 0 Å². The highest BCUT2D eigenvalue weighted by atomic mass is 16.6. The molecule has 0 radical (unpaired) electrons. The Morgan fingerprint density at radius 2 is 1.10 bits per heavy atom. The standard InChI is InChI=1S/C35H42O5/c1-3-5-25-39-34(37)23-15-13-21-29(34)31(27-17-9-7-10-18-27)33(36)32(28-19-11-8-12-20-28)30-22-14-16-24-35(30,38)40-26-6-4-2/h7-24,29-32,37-38H,3-6,25-26H2,1-2H3. The fourth-order valence-electron chi connectivity index (χ4n) is 5.61. The van der Waals surface area contributed by atoms with Gasteiger partial charge in [0, 0.05) is 11.8 Å². The van der Waals surface area contributed by atoms with Crippen LogP contribution in [0.3, 0.4) is 0 Å². The van der Waals surface area contributed by atoms with Crippen molar-refractivity contribution in [2.24, 2.45) is 11.8 Å². The van der Waals surface area contributed by atoms with Gasteiger partial charge in [0.1, 0.15) is 5.78 Å². The van der Waals surface area contributed by atoms with Gasteiger partial charge in [0.15, 0.2) is 11.6 Å². The van der Waals surface area contributed by atoms with Gasteiger partial charge in [-0.3, -0.25) is 4.79 Å². The predicted octanol–water partition coefficient (Wildman–Crippen LogP) is 6.62. The van der Waals surface area contributed by atoms with E-state index in [0.29, 0.717) is 13.2 Å². The molecule has 5 heteroatoms. The first-order valence-corrected chi connectivity index (χ1v) is 14.5. The maximum absolute atomic E-state index is 15.0. The van der Waals surface area contributed by atoms with E-state index in [1.165, 1.54) is 0 Å². The molecule has 0 bridgehead atoms. The van der Waals surface area contributed by atoms with Crippen molar-refractivity contribution in [3.8, 4) is 0 Å². The predicted molar refractivity (Wildman–Crippen MR) is 159 cm³/mol. The Bertz CT molecular complexity index is 1110. The molecule has 212 valence electrons. The molecule has 0 amide bonds. The number of allylic oxidation sites excluding steroid dienone is 4. The van der Waals surface area contributed by atoms with Crippen molar-refractivity contribution in [2.45, 2.75) is 62.9 Å². The largest absolute Gasteiger partial charge is 0.362 e. The van der Waals surface area contributed by atoms with E-state index in [-0.39, 0.29) is 5.78 Å². The normalized spacial score (nSPS) is 27.0. The number of hydrogen-bond donors (Lipinski definition) is 2. The SMILES string of the molecule is CCCCOC1(O)C=CC=CC1C(C(=O)C(c1ccccc1)C1C=CC=CC1(O)OCCCC)c1ccccc1. The lowest BCUT2D eigenvalue weighted by atomic mass is 9.67. The quantitative estimate of drug-likeness (QED) is 0.207. The Labute approximate surface area is 238 Å². The molecular weight excluding hydrogens is 500 g/mol. The molecule has 0 saturated carbocycles. The highest BCUT2D eigenvalue weighted by Gasteiger charge is 2.50. The van der Waals surface area contributed by atoms with E-state index >= 15 is 4.79 Å². The number of hydrogen-bond acceptors (Lipinski definition) is 5. The van der Waals surface area contributed by atoms with E-state index in [9.17, 15) is 10.2 Å². The highest BCUT2D eigenvalue weighted by Crippen LogP contribution is 2.46. The molecule has 2 aromatic rings. The number of aliphatic hydroxyl groups is 2. The van der Waals surface area contributed by atoms with Crippen LogP contribution in [0.25, 0.3) is 0 Å². The molecule has 6 atom stereocenters. The van der Waals surface area contributed by atoms with Crippen LogP contribution < -0.4 is 0 Å². The maximum atomic E-state index is 15.0. The lowest BCUT2D eigenvalue weighted by molar-refractivity contribution is -0.203. The number of unbranched alkanes of at least 4 members (excludes halogenated alkanes) is 2. The fraction of sp³-hybridized carbons (Fsp3) is 0.400. The zero-order chi connectivity index (χ0) is 28.4. The minimum atomic E-state index is -1.66. The van der Waals surface area contributed by atoms with Crippen LogP contribution in [0, 0.1) is 11.8 Å². The molecular formula is C35H42O5. The van der Waals surface area contributed by atoms with Crippen molar-refractivity contribution < 1.29 is 24.5 Å². The monoisotopic (exact) mass is 542 g/mol. The summed E-state index contributed by atoms with van der Waals surface area (Å²) in [4.78, 5) is 15.0. The summed E-state index contributed by atoms with van der Waals surface area (Å²) in [6, 6.07) is 19.1. The van der Waals surface area contributed by atoms with E-state index in [4.69, 9.17) is 9.47 Å². The second-order valence-corrected chi connectivity index (χ2v) is 10.6. The van der Waals surface area contributed by atoms with Crippen LogP contribution in [0.4, 0.5) is 0 Å². The molecule has 6 unspecified atom stereocenters. The van der Waals surface area contributed by atoms with Gasteiger partial charge in [0.25, 0.3) is 0 Å². The first-order valence-electron chi connectivity index (χ1n) is 14.5. The van der Waals surface area contributed by atoms with Crippen LogP contribution in [0.15, 0.2) is 109 Å². The minimum Gasteiger partial charge on any atom is -0.362 e. The molecule has 4 rings (SSSR count). The van der Waals surface area contributed by atoms with E-state index in [1.54, 1.807) is 24.3 Å². The summed E-state index contributed by atoms with van der Waals surface area (Å²) in [5, 5.41) is 23.7. The zero-order valence-corrected chi connectivity index (χ0v) is 23.6. The number of benzene rings is 2. The van der Waals surface area contributed by atoms with Gasteiger partial charge in [-0.05, 0) is 36.1 Å². The molecule has 0 aliphatic heterocycles. The second kappa shape index (κ2) is 14.0. The Kier molecular flexibility index (Phi) is 10.5. The van der Waals surface area contributed by atoms with Gasteiger partial charge in [-0.25, -0.2) is 0 Å². The lowest BCUT2D eigenvalue weighted by Crippen LogP contribution is -2.48. The number of ketones is 1. The number of carbonyl (C=O) groups excluding carboxylic acids is 1. The molecule has 0 aromatic heterocycles. The third-order valence-electron chi connectivity index (χ3n) is 7.80. The van der Waals surface area contributed by atoms with Crippen LogP contribution in [-0.2, 0) is 14.3 Å². The van der Waals surface area contributed by atoms with Gasteiger partial charge in [0.2, 0.25) is 0 Å². The zero-order valence-electron chi connectivity index (χ0n) is 23.6. The number of ether oxygens (including phenoxy) is 2. The number of rotatable bonds is 14. The molecule has 2 aliphatic rings. The first-order chi connectivity index (χ1) is 19.4. The molecule has 0 heterocycles. The van der Waals surface area contributed by atoms with E-state index in [1.807, 2.05) is 85.0 Å². The average Bonchev–Trinajstić information content (AvgIpc) is 2.97. The van der Waals surface area contributed by atoms with Crippen LogP contribution in [0.1, 0.15) is 62.5 Å². The van der Waals surface area contributed by atoms with Crippen molar-refractivity contribution >= 4 is 5.78 Å². The summed E-state index contributed by atoms with van der Waals surface area (Å²) in [5.74, 6) is -6.28. The highest BCUT2D eigenvalue weighted by molar-refractivity contribution is 5.93. The Hall–Kier alpha value is -3.09. The van der Waals surface area contributed by atoms with E-state index < -0.39 is 35.2 Å². The Morgan fingerprint density at radius 3 is 1.48 bits per heavy atom. The van der Waals surface area contributed by atoms with Crippen LogP contribution in [0.5, 0.6) is 0 Å².